The molecular formula is C7H13F2N. The van der Waals surface area contributed by atoms with Crippen LogP contribution < -0.4 is 5.73 Å². The van der Waals surface area contributed by atoms with Crippen molar-refractivity contribution in [2.24, 2.45) is 11.7 Å². The van der Waals surface area contributed by atoms with Gasteiger partial charge in [-0.05, 0) is 19.3 Å². The first-order chi connectivity index (χ1) is 4.51. The molecule has 10 heavy (non-hydrogen) atoms. The normalized spacial score (nSPS) is 34.2. The minimum atomic E-state index is -2.43. The van der Waals surface area contributed by atoms with Crippen LogP contribution in [0.2, 0.25) is 0 Å². The zero-order valence-electron chi connectivity index (χ0n) is 6.11. The van der Waals surface area contributed by atoms with Crippen LogP contribution in [0.3, 0.4) is 0 Å². The highest BCUT2D eigenvalue weighted by molar-refractivity contribution is 4.85. The highest BCUT2D eigenvalue weighted by atomic mass is 19.3. The zero-order valence-corrected chi connectivity index (χ0v) is 6.11. The maximum atomic E-state index is 12.5. The summed E-state index contributed by atoms with van der Waals surface area (Å²) in [4.78, 5) is 0. The summed E-state index contributed by atoms with van der Waals surface area (Å²) in [5.41, 5.74) is 5.49. The van der Waals surface area contributed by atoms with E-state index in [9.17, 15) is 8.78 Å². The van der Waals surface area contributed by atoms with Gasteiger partial charge in [0.25, 0.3) is 0 Å². The fraction of sp³-hybridized carbons (Fsp3) is 1.00. The second-order valence-corrected chi connectivity index (χ2v) is 3.22. The van der Waals surface area contributed by atoms with Gasteiger partial charge >= 0.3 is 0 Å². The lowest BCUT2D eigenvalue weighted by Crippen LogP contribution is -2.25. The molecule has 0 aromatic carbocycles. The van der Waals surface area contributed by atoms with E-state index < -0.39 is 5.92 Å². The van der Waals surface area contributed by atoms with Gasteiger partial charge in [-0.3, -0.25) is 0 Å². The maximum absolute atomic E-state index is 12.5. The van der Waals surface area contributed by atoms with E-state index in [1.165, 1.54) is 0 Å². The van der Waals surface area contributed by atoms with Crippen LogP contribution in [-0.2, 0) is 0 Å². The minimum absolute atomic E-state index is 0.00926. The molecule has 0 aliphatic heterocycles. The standard InChI is InChI=1S/C7H13F2N/c1-5(10)6-2-3-7(8,9)4-6/h5-6H,2-4,10H2,1H3. The lowest BCUT2D eigenvalue weighted by Gasteiger charge is -2.13. The van der Waals surface area contributed by atoms with Crippen molar-refractivity contribution < 1.29 is 8.78 Å². The molecule has 0 radical (unpaired) electrons. The van der Waals surface area contributed by atoms with Gasteiger partial charge in [-0.25, -0.2) is 8.78 Å². The third-order valence-electron chi connectivity index (χ3n) is 2.19. The van der Waals surface area contributed by atoms with E-state index in [-0.39, 0.29) is 24.8 Å². The van der Waals surface area contributed by atoms with Crippen LogP contribution in [0.15, 0.2) is 0 Å². The predicted octanol–water partition coefficient (Wildman–Crippen LogP) is 1.77. The van der Waals surface area contributed by atoms with E-state index in [4.69, 9.17) is 5.73 Å². The molecule has 3 heteroatoms. The van der Waals surface area contributed by atoms with E-state index in [0.29, 0.717) is 6.42 Å². The van der Waals surface area contributed by atoms with Crippen molar-refractivity contribution in [3.63, 3.8) is 0 Å². The maximum Gasteiger partial charge on any atom is 0.248 e. The van der Waals surface area contributed by atoms with Crippen LogP contribution in [0.4, 0.5) is 8.78 Å². The number of rotatable bonds is 1. The van der Waals surface area contributed by atoms with Crippen molar-refractivity contribution in [2.75, 3.05) is 0 Å². The first-order valence-corrected chi connectivity index (χ1v) is 3.65. The Labute approximate surface area is 59.6 Å². The summed E-state index contributed by atoms with van der Waals surface area (Å²) in [5.74, 6) is -2.40. The van der Waals surface area contributed by atoms with Gasteiger partial charge < -0.3 is 5.73 Å². The molecule has 0 saturated heterocycles. The fourth-order valence-corrected chi connectivity index (χ4v) is 1.43. The van der Waals surface area contributed by atoms with Crippen molar-refractivity contribution in [1.82, 2.24) is 0 Å². The molecule has 60 valence electrons. The summed E-state index contributed by atoms with van der Waals surface area (Å²) in [6, 6.07) is -0.0756. The highest BCUT2D eigenvalue weighted by Gasteiger charge is 2.40. The van der Waals surface area contributed by atoms with E-state index in [1.807, 2.05) is 0 Å². The molecule has 1 aliphatic rings. The summed E-state index contributed by atoms with van der Waals surface area (Å²) >= 11 is 0. The van der Waals surface area contributed by atoms with E-state index >= 15 is 0 Å². The molecule has 1 saturated carbocycles. The molecular weight excluding hydrogens is 136 g/mol. The molecule has 2 N–H and O–H groups in total. The lowest BCUT2D eigenvalue weighted by molar-refractivity contribution is 0.00418. The molecule has 1 aliphatic carbocycles. The third-order valence-corrected chi connectivity index (χ3v) is 2.19. The third kappa shape index (κ3) is 1.66. The largest absolute Gasteiger partial charge is 0.328 e. The zero-order chi connectivity index (χ0) is 7.78. The monoisotopic (exact) mass is 149 g/mol. The van der Waals surface area contributed by atoms with Crippen molar-refractivity contribution in [2.45, 2.75) is 38.2 Å². The van der Waals surface area contributed by atoms with Crippen LogP contribution in [-0.4, -0.2) is 12.0 Å². The number of hydrogen-bond acceptors (Lipinski definition) is 1. The Kier molecular flexibility index (Phi) is 1.95. The van der Waals surface area contributed by atoms with Gasteiger partial charge in [0, 0.05) is 18.9 Å². The Hall–Kier alpha value is -0.180. The minimum Gasteiger partial charge on any atom is -0.328 e. The van der Waals surface area contributed by atoms with Crippen molar-refractivity contribution in [3.05, 3.63) is 0 Å². The molecule has 2 unspecified atom stereocenters. The van der Waals surface area contributed by atoms with Crippen LogP contribution in [0.1, 0.15) is 26.2 Å². The molecule has 1 rings (SSSR count). The molecule has 0 spiro atoms. The van der Waals surface area contributed by atoms with Gasteiger partial charge in [0.05, 0.1) is 0 Å². The Morgan fingerprint density at radius 2 is 2.20 bits per heavy atom. The lowest BCUT2D eigenvalue weighted by atomic mass is 10.0. The van der Waals surface area contributed by atoms with Gasteiger partial charge in [0.1, 0.15) is 0 Å². The average Bonchev–Trinajstić information content (AvgIpc) is 2.10. The molecule has 0 aromatic heterocycles. The van der Waals surface area contributed by atoms with Gasteiger partial charge in [0.2, 0.25) is 5.92 Å². The van der Waals surface area contributed by atoms with Crippen LogP contribution in [0.5, 0.6) is 0 Å². The second kappa shape index (κ2) is 2.46. The quantitative estimate of drug-likeness (QED) is 0.604. The topological polar surface area (TPSA) is 26.0 Å². The van der Waals surface area contributed by atoms with Crippen LogP contribution in [0.25, 0.3) is 0 Å². The van der Waals surface area contributed by atoms with Crippen molar-refractivity contribution in [1.29, 1.82) is 0 Å². The molecule has 1 nitrogen and oxygen atoms in total. The Morgan fingerprint density at radius 1 is 1.60 bits per heavy atom. The highest BCUT2D eigenvalue weighted by Crippen LogP contribution is 2.39. The van der Waals surface area contributed by atoms with Gasteiger partial charge in [0.15, 0.2) is 0 Å². The Morgan fingerprint density at radius 3 is 2.40 bits per heavy atom. The summed E-state index contributed by atoms with van der Waals surface area (Å²) in [6.45, 7) is 1.80. The Balaban J connectivity index is 2.43. The van der Waals surface area contributed by atoms with Gasteiger partial charge in [-0.1, -0.05) is 0 Å². The summed E-state index contributed by atoms with van der Waals surface area (Å²) in [5, 5.41) is 0. The summed E-state index contributed by atoms with van der Waals surface area (Å²) in [6.07, 6.45) is 0.606. The first kappa shape index (κ1) is 7.92. The molecule has 2 atom stereocenters. The molecule has 0 heterocycles. The number of hydrogen-bond donors (Lipinski definition) is 1. The summed E-state index contributed by atoms with van der Waals surface area (Å²) < 4.78 is 25.0. The first-order valence-electron chi connectivity index (χ1n) is 3.65. The van der Waals surface area contributed by atoms with E-state index in [0.717, 1.165) is 0 Å². The summed E-state index contributed by atoms with van der Waals surface area (Å²) in [7, 11) is 0. The van der Waals surface area contributed by atoms with E-state index in [1.54, 1.807) is 6.92 Å². The van der Waals surface area contributed by atoms with Crippen molar-refractivity contribution >= 4 is 0 Å². The SMILES string of the molecule is CC(N)C1CCC(F)(F)C1. The Bertz CT molecular complexity index is 123. The van der Waals surface area contributed by atoms with Gasteiger partial charge in [-0.15, -0.1) is 0 Å². The van der Waals surface area contributed by atoms with Crippen molar-refractivity contribution in [3.8, 4) is 0 Å². The molecule has 0 amide bonds. The number of nitrogens with two attached hydrogens (primary N) is 1. The average molecular weight is 149 g/mol. The number of halogens is 2. The van der Waals surface area contributed by atoms with Crippen LogP contribution >= 0.6 is 0 Å². The van der Waals surface area contributed by atoms with Gasteiger partial charge in [-0.2, -0.15) is 0 Å². The van der Waals surface area contributed by atoms with E-state index in [2.05, 4.69) is 0 Å². The second-order valence-electron chi connectivity index (χ2n) is 3.22. The molecule has 1 fully saturated rings. The predicted molar refractivity (Wildman–Crippen MR) is 35.9 cm³/mol. The molecule has 0 bridgehead atoms. The molecule has 0 aromatic rings. The smallest absolute Gasteiger partial charge is 0.248 e. The number of alkyl halides is 2. The van der Waals surface area contributed by atoms with Crippen LogP contribution in [0, 0.1) is 5.92 Å². The fourth-order valence-electron chi connectivity index (χ4n) is 1.43.